The number of benzene rings is 1. The molecule has 6 heteroatoms. The summed E-state index contributed by atoms with van der Waals surface area (Å²) in [5, 5.41) is 18.1. The van der Waals surface area contributed by atoms with Crippen molar-refractivity contribution in [2.75, 3.05) is 27.2 Å². The highest BCUT2D eigenvalue weighted by Gasteiger charge is 2.25. The van der Waals surface area contributed by atoms with E-state index < -0.39 is 7.12 Å². The van der Waals surface area contributed by atoms with E-state index in [2.05, 4.69) is 23.9 Å². The van der Waals surface area contributed by atoms with Gasteiger partial charge in [0.05, 0.1) is 0 Å². The summed E-state index contributed by atoms with van der Waals surface area (Å²) in [5.41, 5.74) is 0.803. The van der Waals surface area contributed by atoms with Crippen LogP contribution in [-0.2, 0) is 6.54 Å². The number of likely N-dealkylation sites (tertiary alicyclic amines) is 1. The number of rotatable bonds is 5. The van der Waals surface area contributed by atoms with Gasteiger partial charge in [0.15, 0.2) is 0 Å². The molecule has 1 atom stereocenters. The van der Waals surface area contributed by atoms with Gasteiger partial charge in [-0.05, 0) is 45.0 Å². The van der Waals surface area contributed by atoms with Crippen LogP contribution in [-0.4, -0.2) is 60.2 Å². The van der Waals surface area contributed by atoms with Crippen LogP contribution < -0.4 is 5.46 Å². The van der Waals surface area contributed by atoms with Gasteiger partial charge in [0, 0.05) is 24.7 Å². The van der Waals surface area contributed by atoms with Crippen LogP contribution in [0.2, 0.25) is 0 Å². The molecule has 1 aliphatic heterocycles. The molecule has 1 aliphatic rings. The Kier molecular flexibility index (Phi) is 5.15. The minimum atomic E-state index is -1.62. The zero-order valence-electron chi connectivity index (χ0n) is 12.1. The molecule has 0 aromatic heterocycles. The second-order valence-electron chi connectivity index (χ2n) is 5.75. The molecule has 20 heavy (non-hydrogen) atoms. The Morgan fingerprint density at radius 1 is 1.40 bits per heavy atom. The molecule has 2 N–H and O–H groups in total. The number of likely N-dealkylation sites (N-methyl/N-ethyl adjacent to an activating group) is 1. The van der Waals surface area contributed by atoms with Gasteiger partial charge in [-0.1, -0.05) is 12.1 Å². The van der Waals surface area contributed by atoms with E-state index in [1.54, 1.807) is 12.1 Å². The number of hydrogen-bond acceptors (Lipinski definition) is 4. The van der Waals surface area contributed by atoms with Gasteiger partial charge in [-0.15, -0.1) is 0 Å². The predicted molar refractivity (Wildman–Crippen MR) is 78.2 cm³/mol. The van der Waals surface area contributed by atoms with Crippen molar-refractivity contribution in [1.29, 1.82) is 0 Å². The van der Waals surface area contributed by atoms with E-state index in [1.165, 1.54) is 6.07 Å². The largest absolute Gasteiger partial charge is 0.488 e. The third-order valence-corrected chi connectivity index (χ3v) is 3.82. The minimum absolute atomic E-state index is 0.192. The van der Waals surface area contributed by atoms with Gasteiger partial charge in [0.25, 0.3) is 0 Å². The van der Waals surface area contributed by atoms with Crippen LogP contribution in [0.5, 0.6) is 0 Å². The van der Waals surface area contributed by atoms with Crippen LogP contribution in [0.15, 0.2) is 18.2 Å². The van der Waals surface area contributed by atoms with Gasteiger partial charge in [-0.2, -0.15) is 0 Å². The van der Waals surface area contributed by atoms with Crippen LogP contribution >= 0.6 is 0 Å². The number of hydrogen-bond donors (Lipinski definition) is 2. The molecule has 1 unspecified atom stereocenters. The van der Waals surface area contributed by atoms with E-state index in [4.69, 9.17) is 10.0 Å². The molecule has 0 amide bonds. The van der Waals surface area contributed by atoms with Crippen molar-refractivity contribution in [1.82, 2.24) is 9.80 Å². The van der Waals surface area contributed by atoms with Crippen molar-refractivity contribution in [3.05, 3.63) is 29.6 Å². The highest BCUT2D eigenvalue weighted by molar-refractivity contribution is 6.58. The lowest BCUT2D eigenvalue weighted by Gasteiger charge is -2.27. The van der Waals surface area contributed by atoms with Crippen molar-refractivity contribution in [2.45, 2.75) is 25.4 Å². The summed E-state index contributed by atoms with van der Waals surface area (Å²) in [7, 11) is 2.48. The molecular weight excluding hydrogens is 258 g/mol. The van der Waals surface area contributed by atoms with E-state index in [1.807, 2.05) is 0 Å². The lowest BCUT2D eigenvalue weighted by Crippen LogP contribution is -2.37. The van der Waals surface area contributed by atoms with E-state index in [9.17, 15) is 4.39 Å². The highest BCUT2D eigenvalue weighted by Crippen LogP contribution is 2.21. The second kappa shape index (κ2) is 6.67. The molecule has 2 rings (SSSR count). The normalized spacial score (nSPS) is 19.8. The van der Waals surface area contributed by atoms with Crippen molar-refractivity contribution in [3.63, 3.8) is 0 Å². The third-order valence-electron chi connectivity index (χ3n) is 3.82. The highest BCUT2D eigenvalue weighted by atomic mass is 19.1. The quantitative estimate of drug-likeness (QED) is 0.747. The third kappa shape index (κ3) is 3.79. The summed E-state index contributed by atoms with van der Waals surface area (Å²) in [6.45, 7) is 2.55. The van der Waals surface area contributed by atoms with Crippen molar-refractivity contribution < 1.29 is 14.4 Å². The van der Waals surface area contributed by atoms with Crippen LogP contribution in [0, 0.1) is 5.82 Å². The Morgan fingerprint density at radius 3 is 2.75 bits per heavy atom. The maximum atomic E-state index is 14.0. The Bertz CT molecular complexity index is 457. The fourth-order valence-electron chi connectivity index (χ4n) is 2.80. The van der Waals surface area contributed by atoms with Crippen LogP contribution in [0.25, 0.3) is 0 Å². The van der Waals surface area contributed by atoms with Crippen molar-refractivity contribution in [2.24, 2.45) is 0 Å². The number of nitrogens with zero attached hydrogens (tertiary/aromatic N) is 2. The first-order valence-corrected chi connectivity index (χ1v) is 7.00. The molecular formula is C14H22BFN2O2. The van der Waals surface area contributed by atoms with Gasteiger partial charge in [-0.25, -0.2) is 4.39 Å². The fraction of sp³-hybridized carbons (Fsp3) is 0.571. The van der Waals surface area contributed by atoms with Crippen molar-refractivity contribution in [3.8, 4) is 0 Å². The summed E-state index contributed by atoms with van der Waals surface area (Å²) in [6, 6.07) is 4.89. The molecule has 0 saturated carbocycles. The first kappa shape index (κ1) is 15.4. The van der Waals surface area contributed by atoms with Gasteiger partial charge in [0.1, 0.15) is 5.82 Å². The molecule has 1 saturated heterocycles. The predicted octanol–water partition coefficient (Wildman–Crippen LogP) is 0.0315. The Balaban J connectivity index is 2.05. The average molecular weight is 280 g/mol. The van der Waals surface area contributed by atoms with Gasteiger partial charge in [-0.3, -0.25) is 4.90 Å². The zero-order chi connectivity index (χ0) is 14.7. The van der Waals surface area contributed by atoms with Crippen LogP contribution in [0.4, 0.5) is 4.39 Å². The topological polar surface area (TPSA) is 46.9 Å². The Morgan fingerprint density at radius 2 is 2.15 bits per heavy atom. The molecule has 1 heterocycles. The molecule has 110 valence electrons. The van der Waals surface area contributed by atoms with Gasteiger partial charge < -0.3 is 14.9 Å². The smallest absolute Gasteiger partial charge is 0.423 e. The fourth-order valence-corrected chi connectivity index (χ4v) is 2.80. The first-order valence-electron chi connectivity index (χ1n) is 7.00. The summed E-state index contributed by atoms with van der Waals surface area (Å²) in [6.07, 6.45) is 2.29. The van der Waals surface area contributed by atoms with E-state index in [-0.39, 0.29) is 11.3 Å². The van der Waals surface area contributed by atoms with Gasteiger partial charge >= 0.3 is 7.12 Å². The Labute approximate surface area is 120 Å². The first-order chi connectivity index (χ1) is 9.47. The lowest BCUT2D eigenvalue weighted by molar-refractivity contribution is 0.199. The molecule has 0 radical (unpaired) electrons. The molecule has 1 fully saturated rings. The summed E-state index contributed by atoms with van der Waals surface area (Å²) in [5.74, 6) is -0.369. The maximum absolute atomic E-state index is 14.0. The zero-order valence-corrected chi connectivity index (χ0v) is 12.1. The van der Waals surface area contributed by atoms with Crippen LogP contribution in [0.1, 0.15) is 18.4 Å². The summed E-state index contributed by atoms with van der Waals surface area (Å²) >= 11 is 0. The molecule has 0 aliphatic carbocycles. The van der Waals surface area contributed by atoms with E-state index in [0.717, 1.165) is 25.9 Å². The van der Waals surface area contributed by atoms with Crippen LogP contribution in [0.3, 0.4) is 0 Å². The maximum Gasteiger partial charge on any atom is 0.488 e. The summed E-state index contributed by atoms with van der Waals surface area (Å²) < 4.78 is 14.0. The molecule has 0 bridgehead atoms. The van der Waals surface area contributed by atoms with E-state index in [0.29, 0.717) is 18.2 Å². The minimum Gasteiger partial charge on any atom is -0.423 e. The summed E-state index contributed by atoms with van der Waals surface area (Å²) in [4.78, 5) is 4.46. The molecule has 1 aromatic rings. The average Bonchev–Trinajstić information content (AvgIpc) is 2.78. The SMILES string of the molecule is CN(C)CC1CCCN1Cc1ccc(B(O)O)cc1F. The molecule has 1 aromatic carbocycles. The van der Waals surface area contributed by atoms with Crippen molar-refractivity contribution >= 4 is 12.6 Å². The Hall–Kier alpha value is -0.945. The second-order valence-corrected chi connectivity index (χ2v) is 5.75. The van der Waals surface area contributed by atoms with E-state index >= 15 is 0 Å². The van der Waals surface area contributed by atoms with Gasteiger partial charge in [0.2, 0.25) is 0 Å². The number of halogens is 1. The monoisotopic (exact) mass is 280 g/mol. The standard InChI is InChI=1S/C14H22BFN2O2/c1-17(2)10-13-4-3-7-18(13)9-11-5-6-12(15(19)20)8-14(11)16/h5-6,8,13,19-20H,3-4,7,9-10H2,1-2H3. The lowest BCUT2D eigenvalue weighted by atomic mass is 9.80. The molecule has 0 spiro atoms. The molecule has 4 nitrogen and oxygen atoms in total.